The zero-order valence-electron chi connectivity index (χ0n) is 12.3. The van der Waals surface area contributed by atoms with E-state index in [-0.39, 0.29) is 11.9 Å². The van der Waals surface area contributed by atoms with Crippen molar-refractivity contribution in [2.45, 2.75) is 20.0 Å². The van der Waals surface area contributed by atoms with Gasteiger partial charge in [-0.3, -0.25) is 4.79 Å². The molecule has 3 heteroatoms. The minimum atomic E-state index is -0.00887. The maximum absolute atomic E-state index is 12.7. The third-order valence-electron chi connectivity index (χ3n) is 3.52. The molecule has 1 aliphatic heterocycles. The summed E-state index contributed by atoms with van der Waals surface area (Å²) in [5.41, 5.74) is 3.47. The van der Waals surface area contributed by atoms with Gasteiger partial charge in [-0.05, 0) is 26.0 Å². The zero-order valence-corrected chi connectivity index (χ0v) is 12.3. The van der Waals surface area contributed by atoms with Gasteiger partial charge >= 0.3 is 0 Å². The quantitative estimate of drug-likeness (QED) is 0.624. The van der Waals surface area contributed by atoms with Crippen LogP contribution in [-0.2, 0) is 4.74 Å². The van der Waals surface area contributed by atoms with Crippen molar-refractivity contribution < 1.29 is 14.3 Å². The number of carbonyl (C=O) groups is 1. The van der Waals surface area contributed by atoms with Crippen LogP contribution in [0.3, 0.4) is 0 Å². The van der Waals surface area contributed by atoms with Crippen LogP contribution in [0.5, 0.6) is 5.75 Å². The highest BCUT2D eigenvalue weighted by Crippen LogP contribution is 2.24. The molecule has 1 unspecified atom stereocenters. The molecule has 1 fully saturated rings. The first-order valence-corrected chi connectivity index (χ1v) is 7.10. The molecule has 0 aliphatic carbocycles. The molecule has 3 rings (SSSR count). The average molecular weight is 282 g/mol. The standard InChI is InChI=1S/C18H18O3/c1-12-3-6-14(7-4-12)18(19)16-9-13(2)5-8-17(16)21-11-15-10-20-15/h3-9,15H,10-11H2,1-2H3. The Hall–Kier alpha value is -2.13. The fourth-order valence-electron chi connectivity index (χ4n) is 2.15. The van der Waals surface area contributed by atoms with Gasteiger partial charge in [0.25, 0.3) is 0 Å². The first-order valence-electron chi connectivity index (χ1n) is 7.10. The number of ketones is 1. The van der Waals surface area contributed by atoms with Gasteiger partial charge in [-0.25, -0.2) is 0 Å². The molecule has 0 amide bonds. The van der Waals surface area contributed by atoms with Crippen LogP contribution in [-0.4, -0.2) is 25.1 Å². The summed E-state index contributed by atoms with van der Waals surface area (Å²) in [6.45, 7) is 5.22. The lowest BCUT2D eigenvalue weighted by Gasteiger charge is -2.11. The first-order chi connectivity index (χ1) is 10.1. The van der Waals surface area contributed by atoms with Crippen molar-refractivity contribution in [3.63, 3.8) is 0 Å². The number of hydrogen-bond acceptors (Lipinski definition) is 3. The van der Waals surface area contributed by atoms with E-state index in [4.69, 9.17) is 9.47 Å². The molecule has 0 radical (unpaired) electrons. The second-order valence-corrected chi connectivity index (χ2v) is 5.46. The van der Waals surface area contributed by atoms with E-state index in [2.05, 4.69) is 0 Å². The number of benzene rings is 2. The highest BCUT2D eigenvalue weighted by Gasteiger charge is 2.24. The van der Waals surface area contributed by atoms with E-state index in [1.54, 1.807) is 0 Å². The Bertz CT molecular complexity index is 655. The Balaban J connectivity index is 1.89. The Morgan fingerprint density at radius 3 is 2.48 bits per heavy atom. The number of aryl methyl sites for hydroxylation is 2. The normalized spacial score (nSPS) is 16.6. The van der Waals surface area contributed by atoms with Crippen molar-refractivity contribution in [1.82, 2.24) is 0 Å². The van der Waals surface area contributed by atoms with E-state index in [0.29, 0.717) is 23.5 Å². The van der Waals surface area contributed by atoms with E-state index < -0.39 is 0 Å². The largest absolute Gasteiger partial charge is 0.490 e. The van der Waals surface area contributed by atoms with E-state index >= 15 is 0 Å². The highest BCUT2D eigenvalue weighted by molar-refractivity contribution is 6.10. The smallest absolute Gasteiger partial charge is 0.196 e. The van der Waals surface area contributed by atoms with Gasteiger partial charge in [-0.15, -0.1) is 0 Å². The lowest BCUT2D eigenvalue weighted by molar-refractivity contribution is 0.103. The fraction of sp³-hybridized carbons (Fsp3) is 0.278. The summed E-state index contributed by atoms with van der Waals surface area (Å²) in [6.07, 6.45) is 0.175. The van der Waals surface area contributed by atoms with Gasteiger partial charge in [0.1, 0.15) is 18.5 Å². The molecule has 0 spiro atoms. The van der Waals surface area contributed by atoms with Crippen LogP contribution < -0.4 is 4.74 Å². The number of ether oxygens (including phenoxy) is 2. The molecular weight excluding hydrogens is 264 g/mol. The molecule has 2 aromatic carbocycles. The van der Waals surface area contributed by atoms with Crippen LogP contribution in [0.4, 0.5) is 0 Å². The fourth-order valence-corrected chi connectivity index (χ4v) is 2.15. The topological polar surface area (TPSA) is 38.8 Å². The Kier molecular flexibility index (Phi) is 3.76. The molecule has 1 atom stereocenters. The molecule has 108 valence electrons. The lowest BCUT2D eigenvalue weighted by atomic mass is 10.00. The van der Waals surface area contributed by atoms with Gasteiger partial charge < -0.3 is 9.47 Å². The molecule has 1 saturated heterocycles. The van der Waals surface area contributed by atoms with E-state index in [1.165, 1.54) is 0 Å². The predicted molar refractivity (Wildman–Crippen MR) is 81.0 cm³/mol. The van der Waals surface area contributed by atoms with Crippen LogP contribution in [0.1, 0.15) is 27.0 Å². The molecule has 0 aromatic heterocycles. The number of hydrogen-bond donors (Lipinski definition) is 0. The number of carbonyl (C=O) groups excluding carboxylic acids is 1. The molecule has 0 saturated carbocycles. The van der Waals surface area contributed by atoms with Gasteiger partial charge in [0.05, 0.1) is 12.2 Å². The third-order valence-corrected chi connectivity index (χ3v) is 3.52. The van der Waals surface area contributed by atoms with Gasteiger partial charge in [0, 0.05) is 5.56 Å². The summed E-state index contributed by atoms with van der Waals surface area (Å²) >= 11 is 0. The lowest BCUT2D eigenvalue weighted by Crippen LogP contribution is -2.09. The van der Waals surface area contributed by atoms with Crippen molar-refractivity contribution in [3.8, 4) is 5.75 Å². The van der Waals surface area contributed by atoms with Crippen molar-refractivity contribution >= 4 is 5.78 Å². The summed E-state index contributed by atoms with van der Waals surface area (Å²) < 4.78 is 10.9. The van der Waals surface area contributed by atoms with Gasteiger partial charge in [0.2, 0.25) is 0 Å². The summed E-state index contributed by atoms with van der Waals surface area (Å²) in [7, 11) is 0. The highest BCUT2D eigenvalue weighted by atomic mass is 16.6. The van der Waals surface area contributed by atoms with E-state index in [1.807, 2.05) is 56.3 Å². The van der Waals surface area contributed by atoms with Crippen LogP contribution in [0.2, 0.25) is 0 Å². The summed E-state index contributed by atoms with van der Waals surface area (Å²) in [4.78, 5) is 12.7. The van der Waals surface area contributed by atoms with Crippen molar-refractivity contribution in [2.24, 2.45) is 0 Å². The first kappa shape index (κ1) is 13.8. The zero-order chi connectivity index (χ0) is 14.8. The predicted octanol–water partition coefficient (Wildman–Crippen LogP) is 3.31. The molecule has 1 aliphatic rings. The third kappa shape index (κ3) is 3.31. The van der Waals surface area contributed by atoms with Gasteiger partial charge in [0.15, 0.2) is 5.78 Å². The second kappa shape index (κ2) is 5.70. The molecular formula is C18H18O3. The van der Waals surface area contributed by atoms with Crippen molar-refractivity contribution in [3.05, 3.63) is 64.7 Å². The summed E-state index contributed by atoms with van der Waals surface area (Å²) in [6, 6.07) is 13.3. The van der Waals surface area contributed by atoms with Crippen molar-refractivity contribution in [2.75, 3.05) is 13.2 Å². The maximum atomic E-state index is 12.7. The molecule has 2 aromatic rings. The van der Waals surface area contributed by atoms with Gasteiger partial charge in [-0.2, -0.15) is 0 Å². The second-order valence-electron chi connectivity index (χ2n) is 5.46. The van der Waals surface area contributed by atoms with Crippen LogP contribution in [0, 0.1) is 13.8 Å². The number of epoxide rings is 1. The Morgan fingerprint density at radius 1 is 1.14 bits per heavy atom. The van der Waals surface area contributed by atoms with Crippen LogP contribution in [0.15, 0.2) is 42.5 Å². The average Bonchev–Trinajstić information content (AvgIpc) is 3.30. The minimum Gasteiger partial charge on any atom is -0.490 e. The van der Waals surface area contributed by atoms with Gasteiger partial charge in [-0.1, -0.05) is 41.5 Å². The number of rotatable bonds is 5. The summed E-state index contributed by atoms with van der Waals surface area (Å²) in [5, 5.41) is 0. The van der Waals surface area contributed by atoms with E-state index in [9.17, 15) is 4.79 Å². The van der Waals surface area contributed by atoms with Crippen molar-refractivity contribution in [1.29, 1.82) is 0 Å². The molecule has 21 heavy (non-hydrogen) atoms. The minimum absolute atomic E-state index is 0.00887. The molecule has 3 nitrogen and oxygen atoms in total. The SMILES string of the molecule is Cc1ccc(C(=O)c2cc(C)ccc2OCC2CO2)cc1. The Labute approximate surface area is 124 Å². The Morgan fingerprint density at radius 2 is 1.81 bits per heavy atom. The molecule has 0 bridgehead atoms. The van der Waals surface area contributed by atoms with Crippen LogP contribution >= 0.6 is 0 Å². The summed E-state index contributed by atoms with van der Waals surface area (Å²) in [5.74, 6) is 0.618. The molecule has 0 N–H and O–H groups in total. The van der Waals surface area contributed by atoms with Crippen LogP contribution in [0.25, 0.3) is 0 Å². The van der Waals surface area contributed by atoms with E-state index in [0.717, 1.165) is 17.7 Å². The maximum Gasteiger partial charge on any atom is 0.196 e. The monoisotopic (exact) mass is 282 g/mol. The molecule has 1 heterocycles.